The highest BCUT2D eigenvalue weighted by Gasteiger charge is 1.85. The minimum absolute atomic E-state index is 0.670. The van der Waals surface area contributed by atoms with E-state index in [-0.39, 0.29) is 0 Å². The van der Waals surface area contributed by atoms with E-state index in [2.05, 4.69) is 10.0 Å². The van der Waals surface area contributed by atoms with E-state index in [9.17, 15) is 0 Å². The quantitative estimate of drug-likeness (QED) is 0.361. The Balaban J connectivity index is 2.88. The van der Waals surface area contributed by atoms with Crippen LogP contribution in [0.1, 0.15) is 12.5 Å². The number of rotatable bonds is 2. The van der Waals surface area contributed by atoms with E-state index in [1.807, 2.05) is 36.4 Å². The van der Waals surface area contributed by atoms with Gasteiger partial charge in [0.05, 0.1) is 0 Å². The zero-order valence-electron chi connectivity index (χ0n) is 6.81. The van der Waals surface area contributed by atoms with E-state index in [1.165, 1.54) is 0 Å². The first-order chi connectivity index (χ1) is 5.83. The van der Waals surface area contributed by atoms with Crippen molar-refractivity contribution < 1.29 is 0 Å². The number of benzene rings is 1. The highest BCUT2D eigenvalue weighted by molar-refractivity contribution is 5.51. The van der Waals surface area contributed by atoms with Crippen molar-refractivity contribution >= 4 is 6.08 Å². The second kappa shape index (κ2) is 4.21. The van der Waals surface area contributed by atoms with Crippen molar-refractivity contribution in [2.75, 3.05) is 0 Å². The Morgan fingerprint density at radius 3 is 2.67 bits per heavy atom. The lowest BCUT2D eigenvalue weighted by molar-refractivity contribution is 1.30. The van der Waals surface area contributed by atoms with Crippen LogP contribution < -0.4 is 0 Å². The van der Waals surface area contributed by atoms with Gasteiger partial charge in [0.25, 0.3) is 0 Å². The first-order valence-electron chi connectivity index (χ1n) is 3.61. The van der Waals surface area contributed by atoms with E-state index in [1.54, 1.807) is 6.92 Å². The molecule has 0 unspecified atom stereocenters. The number of nitrogens with zero attached hydrogens (tertiary/aromatic N) is 3. The fraction of sp³-hybridized carbons (Fsp3) is 0.111. The Labute approximate surface area is 71.0 Å². The standard InChI is InChI=1S/C9H9N3/c1-8(11-12-10)7-9-5-3-2-4-6-9/h2-7H,1H3. The molecule has 3 nitrogen and oxygen atoms in total. The van der Waals surface area contributed by atoms with Gasteiger partial charge in [-0.25, -0.2) is 0 Å². The lowest BCUT2D eigenvalue weighted by Crippen LogP contribution is -1.70. The predicted molar refractivity (Wildman–Crippen MR) is 49.2 cm³/mol. The van der Waals surface area contributed by atoms with Crippen molar-refractivity contribution in [1.82, 2.24) is 0 Å². The SMILES string of the molecule is CC(=Cc1ccccc1)N=[N+]=[N-]. The topological polar surface area (TPSA) is 48.8 Å². The fourth-order valence-electron chi connectivity index (χ4n) is 0.890. The highest BCUT2D eigenvalue weighted by Crippen LogP contribution is 2.06. The van der Waals surface area contributed by atoms with Crippen molar-refractivity contribution in [1.29, 1.82) is 0 Å². The van der Waals surface area contributed by atoms with Gasteiger partial charge in [-0.1, -0.05) is 35.4 Å². The molecule has 0 aromatic heterocycles. The minimum Gasteiger partial charge on any atom is -0.0654 e. The third-order valence-corrected chi connectivity index (χ3v) is 1.38. The molecule has 1 aromatic rings. The van der Waals surface area contributed by atoms with Gasteiger partial charge >= 0.3 is 0 Å². The van der Waals surface area contributed by atoms with Gasteiger partial charge in [0.2, 0.25) is 0 Å². The summed E-state index contributed by atoms with van der Waals surface area (Å²) in [5, 5.41) is 3.46. The molecule has 12 heavy (non-hydrogen) atoms. The van der Waals surface area contributed by atoms with Crippen LogP contribution in [-0.4, -0.2) is 0 Å². The zero-order valence-corrected chi connectivity index (χ0v) is 6.81. The largest absolute Gasteiger partial charge is 0.0654 e. The van der Waals surface area contributed by atoms with Gasteiger partial charge in [0.15, 0.2) is 0 Å². The smallest absolute Gasteiger partial charge is 0.0125 e. The van der Waals surface area contributed by atoms with Gasteiger partial charge in [-0.2, -0.15) is 0 Å². The molecule has 0 saturated heterocycles. The third kappa shape index (κ3) is 2.48. The van der Waals surface area contributed by atoms with Crippen LogP contribution in [0.25, 0.3) is 16.5 Å². The maximum absolute atomic E-state index is 8.13. The Kier molecular flexibility index (Phi) is 2.94. The second-order valence-electron chi connectivity index (χ2n) is 2.39. The molecule has 0 saturated carbocycles. The predicted octanol–water partition coefficient (Wildman–Crippen LogP) is 3.36. The summed E-state index contributed by atoms with van der Waals surface area (Å²) in [5.41, 5.74) is 9.85. The molecule has 0 amide bonds. The molecule has 0 spiro atoms. The summed E-state index contributed by atoms with van der Waals surface area (Å²) in [6, 6.07) is 9.73. The van der Waals surface area contributed by atoms with Crippen LogP contribution >= 0.6 is 0 Å². The van der Waals surface area contributed by atoms with Gasteiger partial charge in [0, 0.05) is 10.6 Å². The van der Waals surface area contributed by atoms with Crippen molar-refractivity contribution in [3.63, 3.8) is 0 Å². The number of hydrogen-bond acceptors (Lipinski definition) is 1. The maximum atomic E-state index is 8.13. The molecule has 0 aliphatic carbocycles. The van der Waals surface area contributed by atoms with Crippen LogP contribution in [0.4, 0.5) is 0 Å². The van der Waals surface area contributed by atoms with Gasteiger partial charge in [-0.15, -0.1) is 0 Å². The number of allylic oxidation sites excluding steroid dienone is 1. The van der Waals surface area contributed by atoms with Crippen molar-refractivity contribution in [2.45, 2.75) is 6.92 Å². The summed E-state index contributed by atoms with van der Waals surface area (Å²) in [6.07, 6.45) is 1.83. The lowest BCUT2D eigenvalue weighted by Gasteiger charge is -1.91. The van der Waals surface area contributed by atoms with E-state index in [0.29, 0.717) is 5.70 Å². The van der Waals surface area contributed by atoms with Gasteiger partial charge in [0.1, 0.15) is 0 Å². The van der Waals surface area contributed by atoms with Crippen LogP contribution in [0.15, 0.2) is 41.1 Å². The van der Waals surface area contributed by atoms with E-state index in [4.69, 9.17) is 5.53 Å². The summed E-state index contributed by atoms with van der Waals surface area (Å²) >= 11 is 0. The fourth-order valence-corrected chi connectivity index (χ4v) is 0.890. The first-order valence-corrected chi connectivity index (χ1v) is 3.61. The van der Waals surface area contributed by atoms with Crippen LogP contribution in [0.5, 0.6) is 0 Å². The molecule has 60 valence electrons. The average molecular weight is 159 g/mol. The molecule has 0 aliphatic rings. The Hall–Kier alpha value is -1.73. The molecule has 0 bridgehead atoms. The number of hydrogen-bond donors (Lipinski definition) is 0. The Morgan fingerprint density at radius 1 is 1.42 bits per heavy atom. The zero-order chi connectivity index (χ0) is 8.81. The average Bonchev–Trinajstić information content (AvgIpc) is 2.06. The minimum atomic E-state index is 0.670. The summed E-state index contributed by atoms with van der Waals surface area (Å²) in [6.45, 7) is 1.77. The second-order valence-corrected chi connectivity index (χ2v) is 2.39. The molecular weight excluding hydrogens is 150 g/mol. The van der Waals surface area contributed by atoms with Crippen molar-refractivity contribution in [3.05, 3.63) is 52.0 Å². The monoisotopic (exact) mass is 159 g/mol. The summed E-state index contributed by atoms with van der Waals surface area (Å²) in [7, 11) is 0. The van der Waals surface area contributed by atoms with Crippen LogP contribution in [0.2, 0.25) is 0 Å². The molecule has 1 aromatic carbocycles. The molecule has 1 rings (SSSR count). The lowest BCUT2D eigenvalue weighted by atomic mass is 10.2. The van der Waals surface area contributed by atoms with Gasteiger partial charge in [-0.05, 0) is 24.1 Å². The van der Waals surface area contributed by atoms with Crippen LogP contribution in [0.3, 0.4) is 0 Å². The molecule has 0 N–H and O–H groups in total. The van der Waals surface area contributed by atoms with Crippen molar-refractivity contribution in [2.24, 2.45) is 5.11 Å². The van der Waals surface area contributed by atoms with E-state index >= 15 is 0 Å². The summed E-state index contributed by atoms with van der Waals surface area (Å²) in [5.74, 6) is 0. The number of azide groups is 1. The Morgan fingerprint density at radius 2 is 2.08 bits per heavy atom. The van der Waals surface area contributed by atoms with Gasteiger partial charge < -0.3 is 0 Å². The molecule has 0 heterocycles. The molecule has 0 aliphatic heterocycles. The molecule has 0 fully saturated rings. The van der Waals surface area contributed by atoms with E-state index in [0.717, 1.165) is 5.56 Å². The normalized spacial score (nSPS) is 10.6. The van der Waals surface area contributed by atoms with Gasteiger partial charge in [-0.3, -0.25) is 0 Å². The molecule has 0 radical (unpaired) electrons. The summed E-state index contributed by atoms with van der Waals surface area (Å²) < 4.78 is 0. The summed E-state index contributed by atoms with van der Waals surface area (Å²) in [4.78, 5) is 2.69. The molecule has 0 atom stereocenters. The first kappa shape index (κ1) is 8.37. The third-order valence-electron chi connectivity index (χ3n) is 1.38. The van der Waals surface area contributed by atoms with Crippen LogP contribution in [0, 0.1) is 0 Å². The molecular formula is C9H9N3. The van der Waals surface area contributed by atoms with E-state index < -0.39 is 0 Å². The van der Waals surface area contributed by atoms with Crippen LogP contribution in [-0.2, 0) is 0 Å². The highest BCUT2D eigenvalue weighted by atomic mass is 15.1. The van der Waals surface area contributed by atoms with Crippen molar-refractivity contribution in [3.8, 4) is 0 Å². The molecule has 3 heteroatoms. The maximum Gasteiger partial charge on any atom is 0.0125 e. The Bertz CT molecular complexity index is 321.